The van der Waals surface area contributed by atoms with Crippen molar-refractivity contribution in [2.24, 2.45) is 5.92 Å². The summed E-state index contributed by atoms with van der Waals surface area (Å²) in [5, 5.41) is 0. The average Bonchev–Trinajstić information content (AvgIpc) is 2.31. The molecule has 0 aromatic rings. The number of esters is 1. The van der Waals surface area contributed by atoms with Crippen molar-refractivity contribution in [3.05, 3.63) is 0 Å². The van der Waals surface area contributed by atoms with Gasteiger partial charge in [-0.05, 0) is 6.42 Å². The molecule has 0 bridgehead atoms. The molecule has 102 valence electrons. The van der Waals surface area contributed by atoms with Crippen molar-refractivity contribution in [3.63, 3.8) is 0 Å². The highest BCUT2D eigenvalue weighted by Crippen LogP contribution is 2.38. The Labute approximate surface area is 102 Å². The fourth-order valence-electron chi connectivity index (χ4n) is 0.844. The molecule has 17 heavy (non-hydrogen) atoms. The molecule has 0 radical (unpaired) electrons. The highest BCUT2D eigenvalue weighted by atomic mass is 31.2. The zero-order chi connectivity index (χ0) is 13.3. The highest BCUT2D eigenvalue weighted by molar-refractivity contribution is 7.45. The molecule has 2 atom stereocenters. The second-order valence-corrected chi connectivity index (χ2v) is 5.13. The number of phosphoric ester groups is 1. The largest absolute Gasteiger partial charge is 0.756 e. The lowest BCUT2D eigenvalue weighted by Crippen LogP contribution is -2.18. The minimum Gasteiger partial charge on any atom is -0.756 e. The van der Waals surface area contributed by atoms with Gasteiger partial charge < -0.3 is 18.7 Å². The second-order valence-electron chi connectivity index (χ2n) is 3.72. The molecular formula is C10H20O6P-. The molecule has 0 aliphatic heterocycles. The summed E-state index contributed by atoms with van der Waals surface area (Å²) >= 11 is 0. The van der Waals surface area contributed by atoms with Crippen molar-refractivity contribution in [3.8, 4) is 0 Å². The molecule has 2 unspecified atom stereocenters. The maximum Gasteiger partial charge on any atom is 0.305 e. The first-order valence-electron chi connectivity index (χ1n) is 5.67. The lowest BCUT2D eigenvalue weighted by Gasteiger charge is -2.24. The number of carbonyl (C=O) groups is 1. The van der Waals surface area contributed by atoms with E-state index in [-0.39, 0.29) is 31.7 Å². The van der Waals surface area contributed by atoms with Gasteiger partial charge in [-0.3, -0.25) is 9.36 Å². The fourth-order valence-corrected chi connectivity index (χ4v) is 1.76. The molecule has 0 aromatic carbocycles. The topological polar surface area (TPSA) is 84.9 Å². The molecule has 0 spiro atoms. The third-order valence-electron chi connectivity index (χ3n) is 1.79. The molecular weight excluding hydrogens is 247 g/mol. The first-order valence-corrected chi connectivity index (χ1v) is 7.13. The molecule has 7 heteroatoms. The highest BCUT2D eigenvalue weighted by Gasteiger charge is 2.12. The van der Waals surface area contributed by atoms with Crippen LogP contribution in [0, 0.1) is 5.92 Å². The molecule has 0 saturated carbocycles. The van der Waals surface area contributed by atoms with Crippen LogP contribution in [0.1, 0.15) is 33.6 Å². The van der Waals surface area contributed by atoms with E-state index in [4.69, 9.17) is 4.74 Å². The number of hydrogen-bond donors (Lipinski definition) is 0. The number of ether oxygens (including phenoxy) is 1. The molecule has 0 amide bonds. The summed E-state index contributed by atoms with van der Waals surface area (Å²) in [4.78, 5) is 22.0. The molecule has 0 aliphatic carbocycles. The monoisotopic (exact) mass is 267 g/mol. The molecule has 0 fully saturated rings. The summed E-state index contributed by atoms with van der Waals surface area (Å²) in [7, 11) is -4.21. The van der Waals surface area contributed by atoms with Crippen LogP contribution in [-0.4, -0.2) is 25.8 Å². The molecule has 0 aliphatic rings. The average molecular weight is 267 g/mol. The van der Waals surface area contributed by atoms with Gasteiger partial charge in [0.1, 0.15) is 0 Å². The summed E-state index contributed by atoms with van der Waals surface area (Å²) in [6, 6.07) is 0. The number of carbonyl (C=O) groups excluding carboxylic acids is 1. The van der Waals surface area contributed by atoms with Crippen LogP contribution in [0.3, 0.4) is 0 Å². The van der Waals surface area contributed by atoms with Crippen molar-refractivity contribution in [2.75, 3.05) is 19.8 Å². The van der Waals surface area contributed by atoms with Gasteiger partial charge in [0.05, 0.1) is 19.8 Å². The molecule has 0 aromatic heterocycles. The lowest BCUT2D eigenvalue weighted by atomic mass is 10.2. The SMILES string of the molecule is CCCOP(=O)([O-])OCC(C)COC(=O)CC. The summed E-state index contributed by atoms with van der Waals surface area (Å²) in [5.74, 6) is -0.512. The summed E-state index contributed by atoms with van der Waals surface area (Å²) in [6.07, 6.45) is 0.895. The maximum absolute atomic E-state index is 11.2. The van der Waals surface area contributed by atoms with E-state index in [1.54, 1.807) is 20.8 Å². The standard InChI is InChI=1S/C10H21O6P/c1-4-6-15-17(12,13)16-8-9(3)7-14-10(11)5-2/h9H,4-8H2,1-3H3,(H,12,13)/p-1. The Balaban J connectivity index is 3.78. The minimum atomic E-state index is -4.21. The van der Waals surface area contributed by atoms with Crippen LogP contribution in [0.5, 0.6) is 0 Å². The van der Waals surface area contributed by atoms with Gasteiger partial charge in [-0.2, -0.15) is 0 Å². The van der Waals surface area contributed by atoms with Crippen LogP contribution in [0.25, 0.3) is 0 Å². The van der Waals surface area contributed by atoms with E-state index in [0.717, 1.165) is 0 Å². The Morgan fingerprint density at radius 3 is 2.47 bits per heavy atom. The summed E-state index contributed by atoms with van der Waals surface area (Å²) in [6.45, 7) is 5.41. The van der Waals surface area contributed by atoms with Crippen LogP contribution in [-0.2, 0) is 23.1 Å². The first kappa shape index (κ1) is 16.6. The Hall–Kier alpha value is -0.420. The summed E-state index contributed by atoms with van der Waals surface area (Å²) < 4.78 is 25.2. The predicted octanol–water partition coefficient (Wildman–Crippen LogP) is 1.49. The van der Waals surface area contributed by atoms with E-state index < -0.39 is 7.82 Å². The van der Waals surface area contributed by atoms with Crippen molar-refractivity contribution in [1.82, 2.24) is 0 Å². The van der Waals surface area contributed by atoms with Crippen LogP contribution in [0.4, 0.5) is 0 Å². The zero-order valence-electron chi connectivity index (χ0n) is 10.5. The Morgan fingerprint density at radius 1 is 1.29 bits per heavy atom. The molecule has 6 nitrogen and oxygen atoms in total. The van der Waals surface area contributed by atoms with Crippen molar-refractivity contribution in [1.29, 1.82) is 0 Å². The van der Waals surface area contributed by atoms with E-state index in [1.807, 2.05) is 0 Å². The predicted molar refractivity (Wildman–Crippen MR) is 60.2 cm³/mol. The smallest absolute Gasteiger partial charge is 0.305 e. The third kappa shape index (κ3) is 9.30. The number of hydrogen-bond acceptors (Lipinski definition) is 6. The Kier molecular flexibility index (Phi) is 8.43. The third-order valence-corrected chi connectivity index (χ3v) is 2.75. The van der Waals surface area contributed by atoms with Gasteiger partial charge in [0.15, 0.2) is 0 Å². The maximum atomic E-state index is 11.2. The van der Waals surface area contributed by atoms with E-state index >= 15 is 0 Å². The van der Waals surface area contributed by atoms with Gasteiger partial charge in [-0.1, -0.05) is 20.8 Å². The van der Waals surface area contributed by atoms with Gasteiger partial charge in [0, 0.05) is 12.3 Å². The van der Waals surface area contributed by atoms with E-state index in [2.05, 4.69) is 9.05 Å². The van der Waals surface area contributed by atoms with Crippen LogP contribution in [0.2, 0.25) is 0 Å². The zero-order valence-corrected chi connectivity index (χ0v) is 11.4. The Morgan fingerprint density at radius 2 is 1.94 bits per heavy atom. The van der Waals surface area contributed by atoms with Gasteiger partial charge in [0.2, 0.25) is 0 Å². The molecule has 0 heterocycles. The van der Waals surface area contributed by atoms with Crippen LogP contribution >= 0.6 is 7.82 Å². The van der Waals surface area contributed by atoms with Crippen molar-refractivity contribution >= 4 is 13.8 Å². The van der Waals surface area contributed by atoms with Gasteiger partial charge in [-0.15, -0.1) is 0 Å². The number of rotatable bonds is 9. The minimum absolute atomic E-state index is 0.0541. The van der Waals surface area contributed by atoms with Crippen molar-refractivity contribution in [2.45, 2.75) is 33.6 Å². The molecule has 0 N–H and O–H groups in total. The number of phosphoric acid groups is 1. The van der Waals surface area contributed by atoms with Gasteiger partial charge >= 0.3 is 5.97 Å². The van der Waals surface area contributed by atoms with Crippen molar-refractivity contribution < 1.29 is 28.0 Å². The summed E-state index contributed by atoms with van der Waals surface area (Å²) in [5.41, 5.74) is 0. The van der Waals surface area contributed by atoms with Crippen LogP contribution in [0.15, 0.2) is 0 Å². The van der Waals surface area contributed by atoms with E-state index in [1.165, 1.54) is 0 Å². The van der Waals surface area contributed by atoms with E-state index in [0.29, 0.717) is 12.8 Å². The van der Waals surface area contributed by atoms with Gasteiger partial charge in [-0.25, -0.2) is 0 Å². The van der Waals surface area contributed by atoms with Crippen LogP contribution < -0.4 is 4.89 Å². The molecule has 0 rings (SSSR count). The van der Waals surface area contributed by atoms with Gasteiger partial charge in [0.25, 0.3) is 7.82 Å². The fraction of sp³-hybridized carbons (Fsp3) is 0.900. The quantitative estimate of drug-likeness (QED) is 0.464. The normalized spacial score (nSPS) is 16.2. The Bertz CT molecular complexity index is 268. The second kappa shape index (κ2) is 8.64. The van der Waals surface area contributed by atoms with E-state index in [9.17, 15) is 14.3 Å². The lowest BCUT2D eigenvalue weighted by molar-refractivity contribution is -0.226. The first-order chi connectivity index (χ1) is 7.91. The molecule has 0 saturated heterocycles.